The highest BCUT2D eigenvalue weighted by atomic mass is 16.5. The first-order chi connectivity index (χ1) is 16.9. The molecular formula is C27H26N2O6. The maximum absolute atomic E-state index is 13.7. The summed E-state index contributed by atoms with van der Waals surface area (Å²) in [5, 5.41) is 3.47. The molecule has 1 heterocycles. The molecule has 0 aliphatic carbocycles. The maximum Gasteiger partial charge on any atom is 0.256 e. The molecule has 1 aromatic heterocycles. The van der Waals surface area contributed by atoms with Gasteiger partial charge in [0, 0.05) is 18.0 Å². The van der Waals surface area contributed by atoms with Crippen LogP contribution in [0.3, 0.4) is 0 Å². The first-order valence-corrected chi connectivity index (χ1v) is 10.8. The number of nitrogens with zero attached hydrogens (tertiary/aromatic N) is 1. The summed E-state index contributed by atoms with van der Waals surface area (Å²) in [4.78, 5) is 27.0. The number of carbonyl (C=O) groups excluding carboxylic acids is 1. The minimum Gasteiger partial charge on any atom is -0.493 e. The zero-order valence-electron chi connectivity index (χ0n) is 20.2. The number of amides is 1. The lowest BCUT2D eigenvalue weighted by Gasteiger charge is -2.19. The number of anilines is 1. The van der Waals surface area contributed by atoms with E-state index in [0.717, 1.165) is 0 Å². The molecule has 0 fully saturated rings. The Morgan fingerprint density at radius 3 is 2.03 bits per heavy atom. The number of carbonyl (C=O) groups is 1. The Morgan fingerprint density at radius 2 is 1.37 bits per heavy atom. The molecule has 4 aromatic rings. The first-order valence-electron chi connectivity index (χ1n) is 10.8. The number of fused-ring (bicyclic) bond motifs is 1. The summed E-state index contributed by atoms with van der Waals surface area (Å²) in [5.74, 6) is 1.88. The average Bonchev–Trinajstić information content (AvgIpc) is 2.90. The van der Waals surface area contributed by atoms with Gasteiger partial charge >= 0.3 is 0 Å². The molecule has 1 N–H and O–H groups in total. The van der Waals surface area contributed by atoms with Gasteiger partial charge in [-0.1, -0.05) is 18.2 Å². The molecule has 8 nitrogen and oxygen atoms in total. The monoisotopic (exact) mass is 474 g/mol. The van der Waals surface area contributed by atoms with Crippen LogP contribution in [0.25, 0.3) is 22.0 Å². The van der Waals surface area contributed by atoms with E-state index in [1.807, 2.05) is 18.2 Å². The summed E-state index contributed by atoms with van der Waals surface area (Å²) >= 11 is 0. The van der Waals surface area contributed by atoms with Crippen LogP contribution in [0.2, 0.25) is 0 Å². The number of methoxy groups -OCH3 is 4. The molecule has 3 aromatic carbocycles. The van der Waals surface area contributed by atoms with Crippen LogP contribution in [-0.2, 0) is 7.05 Å². The highest BCUT2D eigenvalue weighted by molar-refractivity contribution is 6.07. The van der Waals surface area contributed by atoms with Crippen molar-refractivity contribution in [1.82, 2.24) is 4.57 Å². The third-order valence-electron chi connectivity index (χ3n) is 5.86. The Hall–Kier alpha value is -4.46. The molecule has 0 unspecified atom stereocenters. The zero-order chi connectivity index (χ0) is 25.1. The van der Waals surface area contributed by atoms with Crippen molar-refractivity contribution in [2.45, 2.75) is 0 Å². The molecule has 8 heteroatoms. The molecule has 0 saturated carbocycles. The molecule has 0 bridgehead atoms. The van der Waals surface area contributed by atoms with E-state index in [9.17, 15) is 9.59 Å². The van der Waals surface area contributed by atoms with Crippen LogP contribution in [0.1, 0.15) is 10.4 Å². The Kier molecular flexibility index (Phi) is 6.64. The van der Waals surface area contributed by atoms with Crippen LogP contribution >= 0.6 is 0 Å². The topological polar surface area (TPSA) is 88.0 Å². The summed E-state index contributed by atoms with van der Waals surface area (Å²) in [6.45, 7) is 0. The largest absolute Gasteiger partial charge is 0.493 e. The summed E-state index contributed by atoms with van der Waals surface area (Å²) in [6, 6.07) is 17.3. The number of nitrogens with one attached hydrogen (secondary N) is 1. The van der Waals surface area contributed by atoms with Gasteiger partial charge in [0.05, 0.1) is 39.5 Å². The second-order valence-corrected chi connectivity index (χ2v) is 7.72. The van der Waals surface area contributed by atoms with Crippen molar-refractivity contribution in [3.05, 3.63) is 76.5 Å². The Balaban J connectivity index is 1.91. The fourth-order valence-electron chi connectivity index (χ4n) is 4.05. The van der Waals surface area contributed by atoms with E-state index in [0.29, 0.717) is 56.4 Å². The van der Waals surface area contributed by atoms with Crippen LogP contribution in [0.4, 0.5) is 5.82 Å². The van der Waals surface area contributed by atoms with Crippen molar-refractivity contribution < 1.29 is 23.7 Å². The summed E-state index contributed by atoms with van der Waals surface area (Å²) in [7, 11) is 7.90. The third-order valence-corrected chi connectivity index (χ3v) is 5.86. The van der Waals surface area contributed by atoms with Crippen molar-refractivity contribution in [3.63, 3.8) is 0 Å². The maximum atomic E-state index is 13.7. The van der Waals surface area contributed by atoms with Crippen molar-refractivity contribution in [2.75, 3.05) is 33.8 Å². The SMILES string of the molecule is COc1ccc(C(=O)Nc2c(-c3ccc(OC)c(OC)c3)c(=O)c3ccccc3n2C)cc1OC. The number of hydrogen-bond donors (Lipinski definition) is 1. The predicted octanol–water partition coefficient (Wildman–Crippen LogP) is 4.49. The van der Waals surface area contributed by atoms with E-state index < -0.39 is 5.91 Å². The lowest BCUT2D eigenvalue weighted by atomic mass is 10.0. The number of aryl methyl sites for hydroxylation is 1. The number of para-hydroxylation sites is 1. The molecule has 180 valence electrons. The molecule has 0 radical (unpaired) electrons. The molecule has 4 rings (SSSR count). The van der Waals surface area contributed by atoms with Crippen LogP contribution in [0.5, 0.6) is 23.0 Å². The minimum atomic E-state index is -0.405. The van der Waals surface area contributed by atoms with E-state index in [2.05, 4.69) is 5.32 Å². The summed E-state index contributed by atoms with van der Waals surface area (Å²) in [6.07, 6.45) is 0. The van der Waals surface area contributed by atoms with E-state index in [-0.39, 0.29) is 5.43 Å². The van der Waals surface area contributed by atoms with Gasteiger partial charge < -0.3 is 28.8 Å². The Labute approximate surface area is 202 Å². The fraction of sp³-hybridized carbons (Fsp3) is 0.185. The van der Waals surface area contributed by atoms with Gasteiger partial charge in [-0.05, 0) is 48.0 Å². The van der Waals surface area contributed by atoms with Gasteiger partial charge in [0.25, 0.3) is 5.91 Å². The van der Waals surface area contributed by atoms with Gasteiger partial charge in [0.15, 0.2) is 28.4 Å². The summed E-state index contributed by atoms with van der Waals surface area (Å²) in [5.41, 5.74) is 1.73. The average molecular weight is 475 g/mol. The number of benzene rings is 3. The van der Waals surface area contributed by atoms with Crippen LogP contribution < -0.4 is 29.7 Å². The van der Waals surface area contributed by atoms with Crippen LogP contribution in [0.15, 0.2) is 65.5 Å². The number of aromatic nitrogens is 1. The Bertz CT molecular complexity index is 1480. The van der Waals surface area contributed by atoms with E-state index >= 15 is 0 Å². The van der Waals surface area contributed by atoms with Gasteiger partial charge in [-0.25, -0.2) is 0 Å². The van der Waals surface area contributed by atoms with Crippen LogP contribution in [-0.4, -0.2) is 38.9 Å². The molecule has 0 aliphatic rings. The lowest BCUT2D eigenvalue weighted by Crippen LogP contribution is -2.21. The second-order valence-electron chi connectivity index (χ2n) is 7.72. The normalized spacial score (nSPS) is 10.7. The van der Waals surface area contributed by atoms with E-state index in [1.54, 1.807) is 61.2 Å². The lowest BCUT2D eigenvalue weighted by molar-refractivity contribution is 0.102. The fourth-order valence-corrected chi connectivity index (χ4v) is 4.05. The van der Waals surface area contributed by atoms with Crippen molar-refractivity contribution in [1.29, 1.82) is 0 Å². The van der Waals surface area contributed by atoms with Crippen molar-refractivity contribution in [3.8, 4) is 34.1 Å². The van der Waals surface area contributed by atoms with Crippen LogP contribution in [0, 0.1) is 0 Å². The minimum absolute atomic E-state index is 0.214. The number of hydrogen-bond acceptors (Lipinski definition) is 6. The predicted molar refractivity (Wildman–Crippen MR) is 135 cm³/mol. The molecule has 0 atom stereocenters. The Morgan fingerprint density at radius 1 is 0.771 bits per heavy atom. The van der Waals surface area contributed by atoms with Gasteiger partial charge in [-0.3, -0.25) is 9.59 Å². The number of ether oxygens (including phenoxy) is 4. The highest BCUT2D eigenvalue weighted by Crippen LogP contribution is 2.35. The molecule has 1 amide bonds. The molecule has 35 heavy (non-hydrogen) atoms. The van der Waals surface area contributed by atoms with Crippen molar-refractivity contribution >= 4 is 22.6 Å². The van der Waals surface area contributed by atoms with Crippen molar-refractivity contribution in [2.24, 2.45) is 7.05 Å². The third kappa shape index (κ3) is 4.26. The quantitative estimate of drug-likeness (QED) is 0.425. The van der Waals surface area contributed by atoms with Gasteiger partial charge in [0.2, 0.25) is 0 Å². The highest BCUT2D eigenvalue weighted by Gasteiger charge is 2.21. The molecular weight excluding hydrogens is 448 g/mol. The number of rotatable bonds is 7. The summed E-state index contributed by atoms with van der Waals surface area (Å²) < 4.78 is 23.2. The van der Waals surface area contributed by atoms with E-state index in [1.165, 1.54) is 21.3 Å². The smallest absolute Gasteiger partial charge is 0.256 e. The first kappa shape index (κ1) is 23.7. The second kappa shape index (κ2) is 9.80. The van der Waals surface area contributed by atoms with E-state index in [4.69, 9.17) is 18.9 Å². The molecule has 0 spiro atoms. The molecule has 0 aliphatic heterocycles. The van der Waals surface area contributed by atoms with Gasteiger partial charge in [-0.2, -0.15) is 0 Å². The number of pyridine rings is 1. The zero-order valence-corrected chi connectivity index (χ0v) is 20.2. The standard InChI is InChI=1S/C27H26N2O6/c1-29-19-9-7-6-8-18(19)25(30)24(16-10-12-20(32-2)22(14-16)34-4)26(29)28-27(31)17-11-13-21(33-3)23(15-17)35-5/h6-15H,1-5H3,(H,28,31). The molecule has 0 saturated heterocycles. The van der Waals surface area contributed by atoms with Gasteiger partial charge in [-0.15, -0.1) is 0 Å². The van der Waals surface area contributed by atoms with Gasteiger partial charge in [0.1, 0.15) is 5.82 Å².